The maximum Gasteiger partial charge on any atom is 0 e. The predicted octanol–water partition coefficient (Wildman–Crippen LogP) is -1.19. The molecule has 0 rings (SSSR count). The summed E-state index contributed by atoms with van der Waals surface area (Å²) < 4.78 is 0. The van der Waals surface area contributed by atoms with Crippen molar-refractivity contribution in [2.45, 2.75) is 0 Å². The van der Waals surface area contributed by atoms with Crippen molar-refractivity contribution in [1.82, 2.24) is 0 Å². The van der Waals surface area contributed by atoms with Crippen LogP contribution in [0.15, 0.2) is 0 Å². The van der Waals surface area contributed by atoms with Gasteiger partial charge >= 0.3 is 25.8 Å². The van der Waals surface area contributed by atoms with Crippen LogP contribution in [0.4, 0.5) is 0 Å². The van der Waals surface area contributed by atoms with E-state index in [1.54, 1.807) is 0 Å². The maximum atomic E-state index is 0. The Morgan fingerprint density at radius 3 is 0.750 bits per heavy atom. The van der Waals surface area contributed by atoms with E-state index in [2.05, 4.69) is 0 Å². The van der Waals surface area contributed by atoms with Crippen LogP contribution in [0.3, 0.4) is 0 Å². The molecule has 0 saturated heterocycles. The predicted molar refractivity (Wildman–Crippen MR) is 9.94 cm³/mol. The van der Waals surface area contributed by atoms with Gasteiger partial charge in [-0.3, -0.25) is 0 Å². The minimum atomic E-state index is 0. The maximum absolute atomic E-state index is 0. The molecule has 0 bridgehead atoms. The van der Waals surface area contributed by atoms with Gasteiger partial charge in [0.15, 0.2) is 0 Å². The first-order chi connectivity index (χ1) is 0. The molecule has 0 nitrogen and oxygen atoms in total. The van der Waals surface area contributed by atoms with Crippen LogP contribution in [-0.2, 0) is 63.2 Å². The van der Waals surface area contributed by atoms with E-state index in [1.807, 2.05) is 0 Å². The van der Waals surface area contributed by atoms with E-state index in [4.69, 9.17) is 0 Å². The topological polar surface area (TPSA) is 0 Å². The van der Waals surface area contributed by atoms with Gasteiger partial charge < -0.3 is 0 Å². The van der Waals surface area contributed by atoms with Crippen molar-refractivity contribution >= 4 is 25.8 Å². The summed E-state index contributed by atoms with van der Waals surface area (Å²) >= 11 is 0. The summed E-state index contributed by atoms with van der Waals surface area (Å²) in [6, 6.07) is 0. The molecule has 0 aliphatic carbocycles. The molecule has 0 atom stereocenters. The molecule has 1 radical (unpaired) electrons. The van der Waals surface area contributed by atoms with Crippen LogP contribution in [0.5, 0.6) is 0 Å². The third-order valence-corrected chi connectivity index (χ3v) is 0. The summed E-state index contributed by atoms with van der Waals surface area (Å²) in [7, 11) is 0. The Labute approximate surface area is 87.5 Å². The van der Waals surface area contributed by atoms with Gasteiger partial charge in [-0.25, -0.2) is 0 Å². The zero-order chi connectivity index (χ0) is 0. The van der Waals surface area contributed by atoms with E-state index in [9.17, 15) is 0 Å². The monoisotopic (exact) mass is 527 g/mol. The second kappa shape index (κ2) is 16.8. The Hall–Kier alpha value is 2.94. The molecule has 0 aromatic rings. The average Bonchev–Trinajstić information content (AvgIpc) is 0. The summed E-state index contributed by atoms with van der Waals surface area (Å²) in [5.74, 6) is 0. The van der Waals surface area contributed by atoms with E-state index < -0.39 is 0 Å². The molecule has 0 spiro atoms. The molecule has 0 aromatic heterocycles. The third kappa shape index (κ3) is 8.87. The molecule has 4 heavy (non-hydrogen) atoms. The second-order valence-electron chi connectivity index (χ2n) is 0. The van der Waals surface area contributed by atoms with Crippen LogP contribution in [0.25, 0.3) is 0 Å². The molecule has 4 heteroatoms. The molecule has 0 aliphatic heterocycles. The normalized spacial score (nSPS) is 0. The van der Waals surface area contributed by atoms with Crippen LogP contribution in [-0.4, -0.2) is 25.8 Å². The molecule has 0 aliphatic rings. The van der Waals surface area contributed by atoms with Gasteiger partial charge in [-0.2, -0.15) is 0 Å². The molecule has 0 unspecified atom stereocenters. The fraction of sp³-hybridized carbons (Fsp3) is 0. The van der Waals surface area contributed by atoms with Crippen molar-refractivity contribution in [3.05, 3.63) is 0 Å². The Morgan fingerprint density at radius 2 is 0.750 bits per heavy atom. The Bertz CT molecular complexity index is 6.00. The number of rotatable bonds is 0. The quantitative estimate of drug-likeness (QED) is 0.348. The van der Waals surface area contributed by atoms with Crippen molar-refractivity contribution in [3.63, 3.8) is 0 Å². The van der Waals surface area contributed by atoms with E-state index >= 15 is 0 Å². The minimum absolute atomic E-state index is 0. The van der Waals surface area contributed by atoms with Gasteiger partial charge in [0.1, 0.15) is 0 Å². The van der Waals surface area contributed by atoms with E-state index in [1.165, 1.54) is 0 Å². The Kier molecular flexibility index (Phi) is 119. The average molecular weight is 528 g/mol. The van der Waals surface area contributed by atoms with Crippen molar-refractivity contribution < 1.29 is 63.2 Å². The van der Waals surface area contributed by atoms with E-state index in [-0.39, 0.29) is 89.1 Å². The van der Waals surface area contributed by atoms with E-state index in [0.29, 0.717) is 0 Å². The third-order valence-electron chi connectivity index (χ3n) is 0. The van der Waals surface area contributed by atoms with Crippen LogP contribution >= 0.6 is 0 Å². The van der Waals surface area contributed by atoms with Gasteiger partial charge in [-0.05, 0) is 0 Å². The number of hydrogen-bond donors (Lipinski definition) is 0. The van der Waals surface area contributed by atoms with Crippen LogP contribution in [0, 0.1) is 0 Å². The summed E-state index contributed by atoms with van der Waals surface area (Å²) in [6.07, 6.45) is 0. The van der Waals surface area contributed by atoms with Crippen molar-refractivity contribution in [2.75, 3.05) is 0 Å². The van der Waals surface area contributed by atoms with Crippen LogP contribution in [0.1, 0.15) is 0 Å². The summed E-state index contributed by atoms with van der Waals surface area (Å²) in [5.41, 5.74) is 0. The minimum Gasteiger partial charge on any atom is 0 e. The van der Waals surface area contributed by atoms with E-state index in [0.717, 1.165) is 0 Å². The van der Waals surface area contributed by atoms with Crippen LogP contribution < -0.4 is 0 Å². The molecule has 0 saturated carbocycles. The second-order valence-corrected chi connectivity index (χ2v) is 0. The largest absolute Gasteiger partial charge is 0 e. The zero-order valence-corrected chi connectivity index (χ0v) is 6.21. The standard InChI is InChI=1S/Au.In.2Pd.3H. The smallest absolute Gasteiger partial charge is 0 e. The van der Waals surface area contributed by atoms with Gasteiger partial charge in [0.25, 0.3) is 0 Å². The van der Waals surface area contributed by atoms with Gasteiger partial charge in [-0.15, -0.1) is 0 Å². The SMILES string of the molecule is [Au].[InH3].[Pd].[Pd]. The van der Waals surface area contributed by atoms with Gasteiger partial charge in [-0.1, -0.05) is 0 Å². The molecule has 0 amide bonds. The van der Waals surface area contributed by atoms with Gasteiger partial charge in [0, 0.05) is 63.2 Å². The zero-order valence-electron chi connectivity index (χ0n) is 0.934. The van der Waals surface area contributed by atoms with Crippen molar-refractivity contribution in [3.8, 4) is 0 Å². The fourth-order valence-corrected chi connectivity index (χ4v) is 0. The summed E-state index contributed by atoms with van der Waals surface area (Å²) in [4.78, 5) is 0. The Balaban J connectivity index is 0. The molecular weight excluding hydrogens is 525 g/mol. The molecule has 37 valence electrons. The molecule has 0 heterocycles. The molecule has 0 N–H and O–H groups in total. The van der Waals surface area contributed by atoms with Gasteiger partial charge in [0.05, 0.1) is 0 Å². The van der Waals surface area contributed by atoms with Crippen molar-refractivity contribution in [2.24, 2.45) is 0 Å². The summed E-state index contributed by atoms with van der Waals surface area (Å²) in [5, 5.41) is 0. The molecule has 0 aromatic carbocycles. The van der Waals surface area contributed by atoms with Gasteiger partial charge in [0.2, 0.25) is 0 Å². The summed E-state index contributed by atoms with van der Waals surface area (Å²) in [6.45, 7) is 0. The first-order valence-electron chi connectivity index (χ1n) is 0. The number of hydrogen-bond acceptors (Lipinski definition) is 0. The Morgan fingerprint density at radius 1 is 0.750 bits per heavy atom. The van der Waals surface area contributed by atoms with Crippen LogP contribution in [0.2, 0.25) is 0 Å². The molecule has 0 fully saturated rings. The molecular formula is H3AuInPd2. The fourth-order valence-electron chi connectivity index (χ4n) is 0. The first kappa shape index (κ1) is 28.4. The van der Waals surface area contributed by atoms with Crippen molar-refractivity contribution in [1.29, 1.82) is 0 Å². The first-order valence-corrected chi connectivity index (χ1v) is 0.